The van der Waals surface area contributed by atoms with Crippen LogP contribution in [0.25, 0.3) is 0 Å². The van der Waals surface area contributed by atoms with Gasteiger partial charge in [-0.15, -0.1) is 0 Å². The van der Waals surface area contributed by atoms with Crippen molar-refractivity contribution in [3.8, 4) is 11.9 Å². The molecule has 146 valence electrons. The zero-order valence-corrected chi connectivity index (χ0v) is 15.7. The van der Waals surface area contributed by atoms with Crippen LogP contribution in [0.1, 0.15) is 26.7 Å². The number of hydrogen-bond donors (Lipinski definition) is 2. The predicted octanol–water partition coefficient (Wildman–Crippen LogP) is 1.25. The number of carbonyl (C=O) groups is 2. The molecule has 0 aromatic carbocycles. The Bertz CT molecular complexity index is 717. The molecule has 2 atom stereocenters. The summed E-state index contributed by atoms with van der Waals surface area (Å²) in [5, 5.41) is 14.8. The minimum absolute atomic E-state index is 0.0456. The lowest BCUT2D eigenvalue weighted by atomic mass is 10.00. The number of nitrogens with one attached hydrogen (secondary N) is 2. The number of nitriles is 1. The first-order valence-corrected chi connectivity index (χ1v) is 8.62. The van der Waals surface area contributed by atoms with Crippen molar-refractivity contribution in [3.05, 3.63) is 18.3 Å². The Morgan fingerprint density at radius 3 is 2.81 bits per heavy atom. The maximum Gasteiger partial charge on any atom is 0.237 e. The Morgan fingerprint density at radius 1 is 1.48 bits per heavy atom. The van der Waals surface area contributed by atoms with Crippen LogP contribution in [0, 0.1) is 11.3 Å². The van der Waals surface area contributed by atoms with E-state index in [1.54, 1.807) is 26.0 Å². The molecule has 8 nitrogen and oxygen atoms in total. The fourth-order valence-corrected chi connectivity index (χ4v) is 2.84. The Kier molecular flexibility index (Phi) is 6.69. The van der Waals surface area contributed by atoms with Crippen LogP contribution in [0.4, 0.5) is 10.1 Å². The summed E-state index contributed by atoms with van der Waals surface area (Å²) >= 11 is 0. The second kappa shape index (κ2) is 8.77. The van der Waals surface area contributed by atoms with E-state index in [0.717, 1.165) is 0 Å². The maximum absolute atomic E-state index is 13.4. The Labute approximate surface area is 157 Å². The van der Waals surface area contributed by atoms with E-state index in [0.29, 0.717) is 11.6 Å². The summed E-state index contributed by atoms with van der Waals surface area (Å²) in [6.07, 6.45) is 0.475. The van der Waals surface area contributed by atoms with Gasteiger partial charge in [-0.25, -0.2) is 9.37 Å². The van der Waals surface area contributed by atoms with E-state index < -0.39 is 17.8 Å². The van der Waals surface area contributed by atoms with Gasteiger partial charge in [-0.3, -0.25) is 9.59 Å². The average molecular weight is 377 g/mol. The summed E-state index contributed by atoms with van der Waals surface area (Å²) < 4.78 is 18.4. The Balaban J connectivity index is 1.83. The number of rotatable bonds is 7. The van der Waals surface area contributed by atoms with Crippen molar-refractivity contribution >= 4 is 17.5 Å². The normalized spacial score (nSPS) is 19.4. The number of amides is 2. The zero-order valence-electron chi connectivity index (χ0n) is 15.7. The fraction of sp³-hybridized carbons (Fsp3) is 0.556. The van der Waals surface area contributed by atoms with Crippen molar-refractivity contribution in [3.63, 3.8) is 0 Å². The second-order valence-electron chi connectivity index (χ2n) is 7.08. The van der Waals surface area contributed by atoms with E-state index in [1.807, 2.05) is 6.07 Å². The number of hydrogen-bond acceptors (Lipinski definition) is 6. The third kappa shape index (κ3) is 5.89. The molecule has 0 saturated carbocycles. The zero-order chi connectivity index (χ0) is 20.0. The SMILES string of the molecule is COc1ccc(NC(=O)CC(C)(C)NCC(=O)N2C[C@@H](F)C[C@H]2C#N)cn1. The first kappa shape index (κ1) is 20.6. The average Bonchev–Trinajstić information content (AvgIpc) is 3.01. The fourth-order valence-electron chi connectivity index (χ4n) is 2.84. The lowest BCUT2D eigenvalue weighted by Crippen LogP contribution is -2.49. The molecule has 2 amide bonds. The highest BCUT2D eigenvalue weighted by molar-refractivity contribution is 5.91. The van der Waals surface area contributed by atoms with Gasteiger partial charge in [-0.2, -0.15) is 5.26 Å². The summed E-state index contributed by atoms with van der Waals surface area (Å²) in [6, 6.07) is 4.53. The minimum Gasteiger partial charge on any atom is -0.481 e. The maximum atomic E-state index is 13.4. The molecule has 0 unspecified atom stereocenters. The number of methoxy groups -OCH3 is 1. The van der Waals surface area contributed by atoms with Gasteiger partial charge in [0.05, 0.1) is 38.2 Å². The molecule has 1 saturated heterocycles. The summed E-state index contributed by atoms with van der Waals surface area (Å²) in [5.74, 6) is -0.150. The molecular weight excluding hydrogens is 353 g/mol. The predicted molar refractivity (Wildman–Crippen MR) is 96.7 cm³/mol. The van der Waals surface area contributed by atoms with Gasteiger partial charge >= 0.3 is 0 Å². The second-order valence-corrected chi connectivity index (χ2v) is 7.08. The third-order valence-electron chi connectivity index (χ3n) is 4.27. The lowest BCUT2D eigenvalue weighted by molar-refractivity contribution is -0.131. The van der Waals surface area contributed by atoms with Crippen molar-refractivity contribution in [1.82, 2.24) is 15.2 Å². The topological polar surface area (TPSA) is 107 Å². The monoisotopic (exact) mass is 377 g/mol. The van der Waals surface area contributed by atoms with Crippen molar-refractivity contribution in [2.75, 3.05) is 25.5 Å². The number of pyridine rings is 1. The smallest absolute Gasteiger partial charge is 0.237 e. The highest BCUT2D eigenvalue weighted by atomic mass is 19.1. The van der Waals surface area contributed by atoms with Gasteiger partial charge in [-0.1, -0.05) is 0 Å². The number of anilines is 1. The van der Waals surface area contributed by atoms with Gasteiger partial charge in [0.2, 0.25) is 17.7 Å². The molecule has 0 radical (unpaired) electrons. The van der Waals surface area contributed by atoms with E-state index in [4.69, 9.17) is 10.00 Å². The van der Waals surface area contributed by atoms with Gasteiger partial charge in [0.15, 0.2) is 0 Å². The molecule has 0 spiro atoms. The van der Waals surface area contributed by atoms with E-state index in [2.05, 4.69) is 15.6 Å². The van der Waals surface area contributed by atoms with Crippen LogP contribution in [-0.2, 0) is 9.59 Å². The van der Waals surface area contributed by atoms with Crippen LogP contribution in [0.5, 0.6) is 5.88 Å². The third-order valence-corrected chi connectivity index (χ3v) is 4.27. The highest BCUT2D eigenvalue weighted by Crippen LogP contribution is 2.20. The summed E-state index contributed by atoms with van der Waals surface area (Å²) in [6.45, 7) is 3.44. The largest absolute Gasteiger partial charge is 0.481 e. The van der Waals surface area contributed by atoms with Crippen molar-refractivity contribution in [2.45, 2.75) is 44.4 Å². The number of nitrogens with zero attached hydrogens (tertiary/aromatic N) is 3. The van der Waals surface area contributed by atoms with Gasteiger partial charge in [-0.05, 0) is 19.9 Å². The molecule has 27 heavy (non-hydrogen) atoms. The van der Waals surface area contributed by atoms with Crippen molar-refractivity contribution < 1.29 is 18.7 Å². The molecule has 9 heteroatoms. The standard InChI is InChI=1S/C18H24FN5O3/c1-18(2,7-15(25)23-13-4-5-16(27-3)21-9-13)22-10-17(26)24-11-12(19)6-14(24)8-20/h4-5,9,12,14,22H,6-7,10-11H2,1-3H3,(H,23,25)/t12-,14-/m0/s1. The summed E-state index contributed by atoms with van der Waals surface area (Å²) in [5.41, 5.74) is -0.132. The van der Waals surface area contributed by atoms with E-state index in [9.17, 15) is 14.0 Å². The van der Waals surface area contributed by atoms with Crippen LogP contribution in [0.3, 0.4) is 0 Å². The lowest BCUT2D eigenvalue weighted by Gasteiger charge is -2.27. The Morgan fingerprint density at radius 2 is 2.22 bits per heavy atom. The Hall–Kier alpha value is -2.73. The van der Waals surface area contributed by atoms with Crippen LogP contribution in [0.15, 0.2) is 18.3 Å². The molecule has 2 N–H and O–H groups in total. The molecule has 1 aliphatic heterocycles. The first-order valence-electron chi connectivity index (χ1n) is 8.62. The molecule has 1 fully saturated rings. The van der Waals surface area contributed by atoms with Gasteiger partial charge < -0.3 is 20.3 Å². The number of halogens is 1. The molecule has 2 heterocycles. The molecule has 1 aromatic rings. The molecule has 1 aliphatic rings. The van der Waals surface area contributed by atoms with Gasteiger partial charge in [0.25, 0.3) is 0 Å². The van der Waals surface area contributed by atoms with Crippen LogP contribution in [0.2, 0.25) is 0 Å². The van der Waals surface area contributed by atoms with Crippen molar-refractivity contribution in [1.29, 1.82) is 5.26 Å². The van der Waals surface area contributed by atoms with E-state index in [-0.39, 0.29) is 37.7 Å². The van der Waals surface area contributed by atoms with Crippen LogP contribution in [-0.4, -0.2) is 59.6 Å². The summed E-state index contributed by atoms with van der Waals surface area (Å²) in [7, 11) is 1.50. The quantitative estimate of drug-likeness (QED) is 0.741. The molecule has 1 aromatic heterocycles. The van der Waals surface area contributed by atoms with E-state index >= 15 is 0 Å². The number of ether oxygens (including phenoxy) is 1. The van der Waals surface area contributed by atoms with Crippen molar-refractivity contribution in [2.24, 2.45) is 0 Å². The number of likely N-dealkylation sites (tertiary alicyclic amines) is 1. The highest BCUT2D eigenvalue weighted by Gasteiger charge is 2.35. The van der Waals surface area contributed by atoms with Crippen LogP contribution < -0.4 is 15.4 Å². The molecule has 0 aliphatic carbocycles. The first-order chi connectivity index (χ1) is 12.7. The molecule has 2 rings (SSSR count). The molecular formula is C18H24FN5O3. The number of alkyl halides is 1. The van der Waals surface area contributed by atoms with Crippen LogP contribution >= 0.6 is 0 Å². The van der Waals surface area contributed by atoms with Gasteiger partial charge in [0, 0.05) is 24.4 Å². The number of carbonyl (C=O) groups excluding carboxylic acids is 2. The number of aromatic nitrogens is 1. The van der Waals surface area contributed by atoms with E-state index in [1.165, 1.54) is 18.2 Å². The van der Waals surface area contributed by atoms with Gasteiger partial charge in [0.1, 0.15) is 12.2 Å². The summed E-state index contributed by atoms with van der Waals surface area (Å²) in [4.78, 5) is 29.8. The molecule has 0 bridgehead atoms. The minimum atomic E-state index is -1.17.